The standard InChI is InChI=1S/C16H23N3O/c1-2-18-10-3-6-16(13-18)7-11-19(15(16)20)12-14-4-8-17-9-5-14/h4-5,8-9H,2-3,6-7,10-13H2,1H3. The predicted molar refractivity (Wildman–Crippen MR) is 78.1 cm³/mol. The van der Waals surface area contributed by atoms with Crippen LogP contribution in [0.2, 0.25) is 0 Å². The van der Waals surface area contributed by atoms with Crippen molar-refractivity contribution < 1.29 is 4.79 Å². The summed E-state index contributed by atoms with van der Waals surface area (Å²) in [5.41, 5.74) is 1.08. The summed E-state index contributed by atoms with van der Waals surface area (Å²) in [5.74, 6) is 0.368. The van der Waals surface area contributed by atoms with Gasteiger partial charge >= 0.3 is 0 Å². The molecule has 0 aliphatic carbocycles. The highest BCUT2D eigenvalue weighted by Crippen LogP contribution is 2.40. The van der Waals surface area contributed by atoms with E-state index in [9.17, 15) is 4.79 Å². The molecule has 0 N–H and O–H groups in total. The minimum Gasteiger partial charge on any atom is -0.338 e. The monoisotopic (exact) mass is 273 g/mol. The van der Waals surface area contributed by atoms with E-state index in [0.717, 1.165) is 52.0 Å². The third kappa shape index (κ3) is 2.44. The van der Waals surface area contributed by atoms with Gasteiger partial charge in [0, 0.05) is 32.0 Å². The van der Waals surface area contributed by atoms with Crippen LogP contribution in [0, 0.1) is 5.41 Å². The molecular weight excluding hydrogens is 250 g/mol. The highest BCUT2D eigenvalue weighted by molar-refractivity contribution is 5.85. The number of hydrogen-bond acceptors (Lipinski definition) is 3. The SMILES string of the molecule is CCN1CCCC2(CCN(Cc3ccncc3)C2=O)C1. The number of piperidine rings is 1. The molecule has 2 fully saturated rings. The smallest absolute Gasteiger partial charge is 0.230 e. The molecule has 0 saturated carbocycles. The second kappa shape index (κ2) is 5.52. The fourth-order valence-corrected chi connectivity index (χ4v) is 3.63. The molecule has 3 rings (SSSR count). The molecular formula is C16H23N3O. The molecule has 0 radical (unpaired) electrons. The Morgan fingerprint density at radius 1 is 1.25 bits per heavy atom. The van der Waals surface area contributed by atoms with E-state index >= 15 is 0 Å². The van der Waals surface area contributed by atoms with E-state index < -0.39 is 0 Å². The first-order valence-electron chi connectivity index (χ1n) is 7.64. The van der Waals surface area contributed by atoms with Crippen LogP contribution in [0.3, 0.4) is 0 Å². The van der Waals surface area contributed by atoms with Crippen molar-refractivity contribution in [3.05, 3.63) is 30.1 Å². The van der Waals surface area contributed by atoms with Crippen LogP contribution >= 0.6 is 0 Å². The molecule has 4 nitrogen and oxygen atoms in total. The zero-order chi connectivity index (χ0) is 14.0. The van der Waals surface area contributed by atoms with Gasteiger partial charge in [-0.15, -0.1) is 0 Å². The summed E-state index contributed by atoms with van der Waals surface area (Å²) in [7, 11) is 0. The van der Waals surface area contributed by atoms with E-state index in [-0.39, 0.29) is 5.41 Å². The fourth-order valence-electron chi connectivity index (χ4n) is 3.63. The first-order valence-corrected chi connectivity index (χ1v) is 7.64. The Morgan fingerprint density at radius 2 is 2.05 bits per heavy atom. The number of nitrogens with zero attached hydrogens (tertiary/aromatic N) is 3. The molecule has 20 heavy (non-hydrogen) atoms. The first kappa shape index (κ1) is 13.6. The Labute approximate surface area is 120 Å². The van der Waals surface area contributed by atoms with Crippen LogP contribution in [0.4, 0.5) is 0 Å². The Kier molecular flexibility index (Phi) is 3.74. The van der Waals surface area contributed by atoms with Crippen LogP contribution in [-0.2, 0) is 11.3 Å². The topological polar surface area (TPSA) is 36.4 Å². The zero-order valence-electron chi connectivity index (χ0n) is 12.2. The average molecular weight is 273 g/mol. The fraction of sp³-hybridized carbons (Fsp3) is 0.625. The molecule has 1 amide bonds. The predicted octanol–water partition coefficient (Wildman–Crippen LogP) is 1.92. The lowest BCUT2D eigenvalue weighted by molar-refractivity contribution is -0.139. The van der Waals surface area contributed by atoms with Gasteiger partial charge in [0.25, 0.3) is 0 Å². The van der Waals surface area contributed by atoms with E-state index in [1.807, 2.05) is 17.0 Å². The Hall–Kier alpha value is -1.42. The van der Waals surface area contributed by atoms with Crippen molar-refractivity contribution in [2.24, 2.45) is 5.41 Å². The van der Waals surface area contributed by atoms with Crippen molar-refractivity contribution in [2.75, 3.05) is 26.2 Å². The molecule has 0 bridgehead atoms. The normalized spacial score (nSPS) is 27.4. The summed E-state index contributed by atoms with van der Waals surface area (Å²) in [6, 6.07) is 4.00. The number of aromatic nitrogens is 1. The lowest BCUT2D eigenvalue weighted by Crippen LogP contribution is -2.47. The average Bonchev–Trinajstić information content (AvgIpc) is 2.78. The number of rotatable bonds is 3. The van der Waals surface area contributed by atoms with Crippen LogP contribution in [0.25, 0.3) is 0 Å². The maximum Gasteiger partial charge on any atom is 0.230 e. The van der Waals surface area contributed by atoms with Gasteiger partial charge in [0.2, 0.25) is 5.91 Å². The lowest BCUT2D eigenvalue weighted by Gasteiger charge is -2.38. The molecule has 1 aromatic heterocycles. The highest BCUT2D eigenvalue weighted by atomic mass is 16.2. The van der Waals surface area contributed by atoms with Crippen LogP contribution < -0.4 is 0 Å². The van der Waals surface area contributed by atoms with Gasteiger partial charge in [0.1, 0.15) is 0 Å². The zero-order valence-corrected chi connectivity index (χ0v) is 12.2. The summed E-state index contributed by atoms with van der Waals surface area (Å²) >= 11 is 0. The molecule has 2 aliphatic rings. The lowest BCUT2D eigenvalue weighted by atomic mass is 9.78. The van der Waals surface area contributed by atoms with Gasteiger partial charge in [-0.1, -0.05) is 6.92 Å². The number of pyridine rings is 1. The molecule has 1 atom stereocenters. The van der Waals surface area contributed by atoms with Gasteiger partial charge in [-0.2, -0.15) is 0 Å². The van der Waals surface area contributed by atoms with Crippen molar-refractivity contribution >= 4 is 5.91 Å². The molecule has 2 saturated heterocycles. The van der Waals surface area contributed by atoms with Gasteiger partial charge in [0.05, 0.1) is 5.41 Å². The van der Waals surface area contributed by atoms with E-state index in [1.54, 1.807) is 12.4 Å². The van der Waals surface area contributed by atoms with Gasteiger partial charge < -0.3 is 9.80 Å². The molecule has 1 unspecified atom stereocenters. The number of amides is 1. The summed E-state index contributed by atoms with van der Waals surface area (Å²) < 4.78 is 0. The van der Waals surface area contributed by atoms with Crippen LogP contribution in [0.15, 0.2) is 24.5 Å². The number of hydrogen-bond donors (Lipinski definition) is 0. The molecule has 4 heteroatoms. The van der Waals surface area contributed by atoms with E-state index in [0.29, 0.717) is 5.91 Å². The first-order chi connectivity index (χ1) is 9.73. The van der Waals surface area contributed by atoms with Gasteiger partial charge in [-0.25, -0.2) is 0 Å². The highest BCUT2D eigenvalue weighted by Gasteiger charge is 2.48. The molecule has 0 aromatic carbocycles. The Morgan fingerprint density at radius 3 is 2.80 bits per heavy atom. The van der Waals surface area contributed by atoms with E-state index in [1.165, 1.54) is 5.56 Å². The molecule has 3 heterocycles. The second-order valence-corrected chi connectivity index (χ2v) is 6.08. The van der Waals surface area contributed by atoms with Crippen LogP contribution in [0.5, 0.6) is 0 Å². The second-order valence-electron chi connectivity index (χ2n) is 6.08. The van der Waals surface area contributed by atoms with Gasteiger partial charge in [0.15, 0.2) is 0 Å². The van der Waals surface area contributed by atoms with Crippen molar-refractivity contribution in [3.63, 3.8) is 0 Å². The van der Waals surface area contributed by atoms with E-state index in [4.69, 9.17) is 0 Å². The number of carbonyl (C=O) groups excluding carboxylic acids is 1. The summed E-state index contributed by atoms with van der Waals surface area (Å²) in [5, 5.41) is 0. The quantitative estimate of drug-likeness (QED) is 0.844. The van der Waals surface area contributed by atoms with E-state index in [2.05, 4.69) is 16.8 Å². The minimum absolute atomic E-state index is 0.0959. The van der Waals surface area contributed by atoms with Crippen molar-refractivity contribution in [2.45, 2.75) is 32.7 Å². The molecule has 2 aliphatic heterocycles. The number of likely N-dealkylation sites (tertiary alicyclic amines) is 2. The van der Waals surface area contributed by atoms with Gasteiger partial charge in [-0.05, 0) is 50.0 Å². The van der Waals surface area contributed by atoms with Crippen molar-refractivity contribution in [1.29, 1.82) is 0 Å². The third-order valence-electron chi connectivity index (χ3n) is 4.83. The van der Waals surface area contributed by atoms with Crippen LogP contribution in [-0.4, -0.2) is 46.9 Å². The minimum atomic E-state index is -0.0959. The van der Waals surface area contributed by atoms with Crippen molar-refractivity contribution in [1.82, 2.24) is 14.8 Å². The Bertz CT molecular complexity index is 476. The maximum absolute atomic E-state index is 12.8. The molecule has 108 valence electrons. The third-order valence-corrected chi connectivity index (χ3v) is 4.83. The largest absolute Gasteiger partial charge is 0.338 e. The summed E-state index contributed by atoms with van der Waals surface area (Å²) in [6.07, 6.45) is 6.83. The summed E-state index contributed by atoms with van der Waals surface area (Å²) in [6.45, 7) is 6.98. The number of carbonyl (C=O) groups is 1. The summed E-state index contributed by atoms with van der Waals surface area (Å²) in [4.78, 5) is 21.3. The van der Waals surface area contributed by atoms with Crippen molar-refractivity contribution in [3.8, 4) is 0 Å². The maximum atomic E-state index is 12.8. The Balaban J connectivity index is 1.70. The molecule has 1 aromatic rings. The van der Waals surface area contributed by atoms with Crippen LogP contribution in [0.1, 0.15) is 31.7 Å². The van der Waals surface area contributed by atoms with Gasteiger partial charge in [-0.3, -0.25) is 9.78 Å². The molecule has 1 spiro atoms.